The summed E-state index contributed by atoms with van der Waals surface area (Å²) in [4.78, 5) is 13.6. The molecule has 0 amide bonds. The second-order valence-electron chi connectivity index (χ2n) is 4.09. The van der Waals surface area contributed by atoms with Crippen LogP contribution >= 0.6 is 0 Å². The number of carbonyl (C=O) groups is 1. The van der Waals surface area contributed by atoms with Crippen molar-refractivity contribution in [2.75, 3.05) is 18.5 Å². The molecule has 1 aliphatic carbocycles. The third kappa shape index (κ3) is 1.73. The summed E-state index contributed by atoms with van der Waals surface area (Å²) in [6.07, 6.45) is 0. The maximum absolute atomic E-state index is 11.5. The Morgan fingerprint density at radius 3 is 2.35 bits per heavy atom. The van der Waals surface area contributed by atoms with Gasteiger partial charge in [-0.25, -0.2) is 0 Å². The van der Waals surface area contributed by atoms with Crippen LogP contribution in [0.15, 0.2) is 42.2 Å². The van der Waals surface area contributed by atoms with E-state index in [0.717, 1.165) is 17.8 Å². The molecule has 17 heavy (non-hydrogen) atoms. The number of hydrogen-bond acceptors (Lipinski definition) is 3. The molecular weight excluding hydrogens is 214 g/mol. The van der Waals surface area contributed by atoms with Crippen molar-refractivity contribution in [3.8, 4) is 0 Å². The number of anilines is 1. The summed E-state index contributed by atoms with van der Waals surface area (Å²) in [5, 5.41) is 9.57. The summed E-state index contributed by atoms with van der Waals surface area (Å²) < 4.78 is 0. The molecule has 0 spiro atoms. The van der Waals surface area contributed by atoms with Crippen LogP contribution in [0.4, 0.5) is 5.69 Å². The molecule has 0 bridgehead atoms. The molecule has 1 aliphatic rings. The molecular formula is C14H15NO2. The van der Waals surface area contributed by atoms with E-state index in [1.54, 1.807) is 0 Å². The van der Waals surface area contributed by atoms with E-state index in [1.807, 2.05) is 31.3 Å². The molecule has 88 valence electrons. The van der Waals surface area contributed by atoms with Gasteiger partial charge in [0.15, 0.2) is 0 Å². The van der Waals surface area contributed by atoms with E-state index in [2.05, 4.69) is 18.4 Å². The normalized spacial score (nSPS) is 14.9. The number of allylic oxidation sites excluding steroid dienone is 2. The molecule has 0 atom stereocenters. The fourth-order valence-electron chi connectivity index (χ4n) is 1.79. The molecule has 0 saturated carbocycles. The van der Waals surface area contributed by atoms with Gasteiger partial charge in [-0.2, -0.15) is 0 Å². The molecule has 2 rings (SSSR count). The molecule has 0 heterocycles. The van der Waals surface area contributed by atoms with Crippen molar-refractivity contribution in [1.29, 1.82) is 0 Å². The summed E-state index contributed by atoms with van der Waals surface area (Å²) >= 11 is 0. The number of carbonyl (C=O) groups excluding carboxylic acids is 1. The Balaban J connectivity index is 2.32. The predicted octanol–water partition coefficient (Wildman–Crippen LogP) is 2.55. The molecule has 3 nitrogen and oxygen atoms in total. The molecule has 3 heteroatoms. The standard InChI is InChI=1S/C14H15NO2/c1-4-15(3)11-7-5-10(6-8-11)12-13(16)9(2)14(12)17/h5-8,16H,2,4H2,1,3H3. The first kappa shape index (κ1) is 11.5. The van der Waals surface area contributed by atoms with Crippen LogP contribution in [0.3, 0.4) is 0 Å². The second kappa shape index (κ2) is 4.09. The van der Waals surface area contributed by atoms with Crippen molar-refractivity contribution in [2.24, 2.45) is 0 Å². The van der Waals surface area contributed by atoms with Crippen molar-refractivity contribution < 1.29 is 9.90 Å². The number of aliphatic hydroxyl groups is 1. The number of aliphatic hydroxyl groups excluding tert-OH is 1. The fraction of sp³-hybridized carbons (Fsp3) is 0.214. The number of rotatable bonds is 3. The van der Waals surface area contributed by atoms with E-state index < -0.39 is 0 Å². The summed E-state index contributed by atoms with van der Waals surface area (Å²) in [5.41, 5.74) is 2.41. The zero-order chi connectivity index (χ0) is 12.6. The van der Waals surface area contributed by atoms with Crippen molar-refractivity contribution in [3.05, 3.63) is 47.7 Å². The van der Waals surface area contributed by atoms with E-state index in [1.165, 1.54) is 0 Å². The minimum atomic E-state index is -0.168. The Kier molecular flexibility index (Phi) is 2.76. The molecule has 0 saturated heterocycles. The summed E-state index contributed by atoms with van der Waals surface area (Å²) in [6.45, 7) is 6.48. The highest BCUT2D eigenvalue weighted by atomic mass is 16.3. The minimum Gasteiger partial charge on any atom is -0.506 e. The zero-order valence-electron chi connectivity index (χ0n) is 10.0. The van der Waals surface area contributed by atoms with Crippen molar-refractivity contribution in [1.82, 2.24) is 0 Å². The maximum atomic E-state index is 11.5. The zero-order valence-corrected chi connectivity index (χ0v) is 10.0. The SMILES string of the molecule is C=C1C(=O)C(c2ccc(N(C)CC)cc2)=C1O. The summed E-state index contributed by atoms with van der Waals surface area (Å²) in [6, 6.07) is 7.57. The van der Waals surface area contributed by atoms with E-state index in [4.69, 9.17) is 0 Å². The predicted molar refractivity (Wildman–Crippen MR) is 69.1 cm³/mol. The molecule has 1 N–H and O–H groups in total. The highest BCUT2D eigenvalue weighted by Gasteiger charge is 2.32. The lowest BCUT2D eigenvalue weighted by atomic mass is 9.84. The maximum Gasteiger partial charge on any atom is 0.200 e. The van der Waals surface area contributed by atoms with Gasteiger partial charge in [-0.3, -0.25) is 4.79 Å². The smallest absolute Gasteiger partial charge is 0.200 e. The summed E-state index contributed by atoms with van der Waals surface area (Å²) in [7, 11) is 2.00. The van der Waals surface area contributed by atoms with Crippen molar-refractivity contribution in [3.63, 3.8) is 0 Å². The average molecular weight is 229 g/mol. The number of nitrogens with zero attached hydrogens (tertiary/aromatic N) is 1. The molecule has 0 aromatic heterocycles. The average Bonchev–Trinajstić information content (AvgIpc) is 2.38. The lowest BCUT2D eigenvalue weighted by Crippen LogP contribution is -2.20. The topological polar surface area (TPSA) is 40.5 Å². The third-order valence-corrected chi connectivity index (χ3v) is 3.09. The van der Waals surface area contributed by atoms with Crippen LogP contribution in [-0.2, 0) is 4.79 Å². The Bertz CT molecular complexity index is 512. The van der Waals surface area contributed by atoms with Crippen LogP contribution in [0.2, 0.25) is 0 Å². The first-order chi connectivity index (χ1) is 8.06. The lowest BCUT2D eigenvalue weighted by Gasteiger charge is -2.21. The van der Waals surface area contributed by atoms with Crippen LogP contribution < -0.4 is 4.90 Å². The molecule has 1 aromatic rings. The van der Waals surface area contributed by atoms with Gasteiger partial charge in [0, 0.05) is 19.3 Å². The van der Waals surface area contributed by atoms with Gasteiger partial charge in [0.2, 0.25) is 5.78 Å². The van der Waals surface area contributed by atoms with E-state index >= 15 is 0 Å². The van der Waals surface area contributed by atoms with Gasteiger partial charge < -0.3 is 10.0 Å². The van der Waals surface area contributed by atoms with Crippen LogP contribution in [0, 0.1) is 0 Å². The van der Waals surface area contributed by atoms with Gasteiger partial charge in [0.25, 0.3) is 0 Å². The minimum absolute atomic E-state index is 0.0200. The van der Waals surface area contributed by atoms with E-state index in [9.17, 15) is 9.90 Å². The third-order valence-electron chi connectivity index (χ3n) is 3.09. The molecule has 0 unspecified atom stereocenters. The van der Waals surface area contributed by atoms with Crippen molar-refractivity contribution >= 4 is 17.0 Å². The molecule has 0 radical (unpaired) electrons. The van der Waals surface area contributed by atoms with Gasteiger partial charge in [-0.15, -0.1) is 0 Å². The highest BCUT2D eigenvalue weighted by Crippen LogP contribution is 2.35. The quantitative estimate of drug-likeness (QED) is 0.810. The molecule has 1 aromatic carbocycles. The number of Topliss-reactive ketones (excluding diaryl/α,β-unsaturated/α-hetero) is 1. The Hall–Kier alpha value is -2.03. The van der Waals surface area contributed by atoms with E-state index in [-0.39, 0.29) is 17.1 Å². The first-order valence-electron chi connectivity index (χ1n) is 5.55. The van der Waals surface area contributed by atoms with Crippen molar-refractivity contribution in [2.45, 2.75) is 6.92 Å². The van der Waals surface area contributed by atoms with Gasteiger partial charge in [0.1, 0.15) is 5.76 Å². The highest BCUT2D eigenvalue weighted by molar-refractivity contribution is 6.38. The fourth-order valence-corrected chi connectivity index (χ4v) is 1.79. The lowest BCUT2D eigenvalue weighted by molar-refractivity contribution is -0.111. The first-order valence-corrected chi connectivity index (χ1v) is 5.55. The second-order valence-corrected chi connectivity index (χ2v) is 4.09. The van der Waals surface area contributed by atoms with E-state index in [0.29, 0.717) is 5.57 Å². The van der Waals surface area contributed by atoms with Gasteiger partial charge >= 0.3 is 0 Å². The number of benzene rings is 1. The monoisotopic (exact) mass is 229 g/mol. The van der Waals surface area contributed by atoms with Crippen LogP contribution in [0.1, 0.15) is 12.5 Å². The Morgan fingerprint density at radius 1 is 1.29 bits per heavy atom. The molecule has 0 fully saturated rings. The Morgan fingerprint density at radius 2 is 1.88 bits per heavy atom. The van der Waals surface area contributed by atoms with Crippen LogP contribution in [-0.4, -0.2) is 24.5 Å². The Labute approximate surface area is 101 Å². The van der Waals surface area contributed by atoms with Gasteiger partial charge in [-0.05, 0) is 24.6 Å². The van der Waals surface area contributed by atoms with Gasteiger partial charge in [-0.1, -0.05) is 18.7 Å². The summed E-state index contributed by atoms with van der Waals surface area (Å²) in [5.74, 6) is -0.148. The number of ketones is 1. The van der Waals surface area contributed by atoms with Gasteiger partial charge in [0.05, 0.1) is 11.1 Å². The number of hydrogen-bond donors (Lipinski definition) is 1. The largest absolute Gasteiger partial charge is 0.506 e. The molecule has 0 aliphatic heterocycles. The van der Waals surface area contributed by atoms with Crippen LogP contribution in [0.5, 0.6) is 0 Å². The van der Waals surface area contributed by atoms with Crippen LogP contribution in [0.25, 0.3) is 5.57 Å².